The summed E-state index contributed by atoms with van der Waals surface area (Å²) >= 11 is 2.03. The van der Waals surface area contributed by atoms with Gasteiger partial charge < -0.3 is 19.9 Å². The summed E-state index contributed by atoms with van der Waals surface area (Å²) in [5, 5.41) is 28.3. The third-order valence-electron chi connectivity index (χ3n) is 3.76. The highest BCUT2D eigenvalue weighted by Crippen LogP contribution is 2.52. The van der Waals surface area contributed by atoms with E-state index in [1.54, 1.807) is 16.4 Å². The summed E-state index contributed by atoms with van der Waals surface area (Å²) in [5.41, 5.74) is -0.149. The number of halogens is 1. The second-order valence-corrected chi connectivity index (χ2v) is 5.70. The lowest BCUT2D eigenvalue weighted by Gasteiger charge is -2.16. The van der Waals surface area contributed by atoms with Gasteiger partial charge in [0.15, 0.2) is 0 Å². The van der Waals surface area contributed by atoms with E-state index >= 15 is 0 Å². The van der Waals surface area contributed by atoms with Crippen molar-refractivity contribution in [3.05, 3.63) is 32.3 Å². The van der Waals surface area contributed by atoms with E-state index in [-0.39, 0.29) is 30.4 Å². The van der Waals surface area contributed by atoms with E-state index in [9.17, 15) is 15.0 Å². The van der Waals surface area contributed by atoms with Crippen molar-refractivity contribution in [3.8, 4) is 5.75 Å². The minimum atomic E-state index is -0.402. The standard InChI is InChI=1S/C13H16INO4/c14-2-1-9-5-15(12(19)3-11(9)18)7-13(8-17)4-10(13)6-16/h1-3,5,10,16-18H,4,6-8H2/t10-,13-/m0/s1. The van der Waals surface area contributed by atoms with Crippen LogP contribution in [0.25, 0.3) is 6.08 Å². The zero-order chi connectivity index (χ0) is 14.0. The Morgan fingerprint density at radius 2 is 2.26 bits per heavy atom. The molecule has 5 nitrogen and oxygen atoms in total. The fraction of sp³-hybridized carbons (Fsp3) is 0.462. The second kappa shape index (κ2) is 5.64. The van der Waals surface area contributed by atoms with Gasteiger partial charge in [-0.1, -0.05) is 22.6 Å². The van der Waals surface area contributed by atoms with Gasteiger partial charge >= 0.3 is 0 Å². The molecule has 0 aromatic carbocycles. The van der Waals surface area contributed by atoms with Gasteiger partial charge in [0, 0.05) is 36.4 Å². The van der Waals surface area contributed by atoms with Gasteiger partial charge in [0.05, 0.1) is 6.61 Å². The number of pyridine rings is 1. The highest BCUT2D eigenvalue weighted by Gasteiger charge is 2.53. The largest absolute Gasteiger partial charge is 0.507 e. The van der Waals surface area contributed by atoms with E-state index in [0.717, 1.165) is 0 Å². The Balaban J connectivity index is 2.30. The van der Waals surface area contributed by atoms with Crippen molar-refractivity contribution in [1.29, 1.82) is 0 Å². The van der Waals surface area contributed by atoms with E-state index in [2.05, 4.69) is 0 Å². The molecular formula is C13H16INO4. The third kappa shape index (κ3) is 2.85. The number of aromatic nitrogens is 1. The number of rotatable bonds is 5. The van der Waals surface area contributed by atoms with Gasteiger partial charge in [0.2, 0.25) is 0 Å². The molecule has 1 aromatic heterocycles. The molecule has 1 saturated carbocycles. The minimum Gasteiger partial charge on any atom is -0.507 e. The summed E-state index contributed by atoms with van der Waals surface area (Å²) in [6, 6.07) is 1.17. The molecule has 2 rings (SSSR count). The van der Waals surface area contributed by atoms with Crippen molar-refractivity contribution in [2.75, 3.05) is 13.2 Å². The van der Waals surface area contributed by atoms with Gasteiger partial charge in [0.1, 0.15) is 5.75 Å². The first kappa shape index (κ1) is 14.5. The molecule has 6 heteroatoms. The lowest BCUT2D eigenvalue weighted by atomic mass is 10.1. The fourth-order valence-corrected chi connectivity index (χ4v) is 2.75. The minimum absolute atomic E-state index is 0.0217. The van der Waals surface area contributed by atoms with E-state index in [0.29, 0.717) is 18.5 Å². The molecule has 104 valence electrons. The maximum absolute atomic E-state index is 11.8. The van der Waals surface area contributed by atoms with Crippen molar-refractivity contribution < 1.29 is 15.3 Å². The molecule has 0 saturated heterocycles. The number of aliphatic hydroxyl groups excluding tert-OH is 2. The third-order valence-corrected chi connectivity index (χ3v) is 4.12. The van der Waals surface area contributed by atoms with Gasteiger partial charge in [0.25, 0.3) is 5.56 Å². The Morgan fingerprint density at radius 1 is 1.53 bits per heavy atom. The first-order valence-electron chi connectivity index (χ1n) is 5.98. The summed E-state index contributed by atoms with van der Waals surface area (Å²) in [6.07, 6.45) is 4.00. The molecule has 3 N–H and O–H groups in total. The van der Waals surface area contributed by atoms with Crippen molar-refractivity contribution in [1.82, 2.24) is 4.57 Å². The van der Waals surface area contributed by atoms with Crippen LogP contribution in [0, 0.1) is 11.3 Å². The van der Waals surface area contributed by atoms with Gasteiger partial charge in [-0.2, -0.15) is 0 Å². The lowest BCUT2D eigenvalue weighted by Crippen LogP contribution is -2.27. The van der Waals surface area contributed by atoms with Crippen molar-refractivity contribution in [3.63, 3.8) is 0 Å². The number of nitrogens with zero attached hydrogens (tertiary/aromatic N) is 1. The number of aromatic hydroxyl groups is 1. The maximum atomic E-state index is 11.8. The van der Waals surface area contributed by atoms with Crippen LogP contribution >= 0.6 is 22.6 Å². The first-order chi connectivity index (χ1) is 9.06. The van der Waals surface area contributed by atoms with Gasteiger partial charge in [-0.05, 0) is 22.5 Å². The fourth-order valence-electron chi connectivity index (χ4n) is 2.37. The molecular weight excluding hydrogens is 361 g/mol. The molecule has 0 spiro atoms. The molecule has 0 bridgehead atoms. The Labute approximate surface area is 124 Å². The molecule has 1 fully saturated rings. The highest BCUT2D eigenvalue weighted by atomic mass is 127. The lowest BCUT2D eigenvalue weighted by molar-refractivity contribution is 0.157. The smallest absolute Gasteiger partial charge is 0.254 e. The first-order valence-corrected chi connectivity index (χ1v) is 7.23. The average molecular weight is 377 g/mol. The van der Waals surface area contributed by atoms with E-state index in [1.165, 1.54) is 10.6 Å². The molecule has 19 heavy (non-hydrogen) atoms. The normalized spacial score (nSPS) is 25.9. The Morgan fingerprint density at radius 3 is 2.79 bits per heavy atom. The van der Waals surface area contributed by atoms with Crippen LogP contribution in [0.4, 0.5) is 0 Å². The predicted octanol–water partition coefficient (Wildman–Crippen LogP) is 0.950. The van der Waals surface area contributed by atoms with Gasteiger partial charge in [-0.15, -0.1) is 0 Å². The quantitative estimate of drug-likeness (QED) is 0.668. The van der Waals surface area contributed by atoms with Crippen molar-refractivity contribution in [2.24, 2.45) is 11.3 Å². The van der Waals surface area contributed by atoms with Crippen LogP contribution < -0.4 is 5.56 Å². The molecule has 2 atom stereocenters. The summed E-state index contributed by atoms with van der Waals surface area (Å²) in [5.74, 6) is -0.0107. The molecule has 0 unspecified atom stereocenters. The predicted molar refractivity (Wildman–Crippen MR) is 80.1 cm³/mol. The van der Waals surface area contributed by atoms with E-state index in [4.69, 9.17) is 5.11 Å². The van der Waals surface area contributed by atoms with Crippen molar-refractivity contribution >= 4 is 28.7 Å². The van der Waals surface area contributed by atoms with Crippen LogP contribution in [0.2, 0.25) is 0 Å². The van der Waals surface area contributed by atoms with Crippen molar-refractivity contribution in [2.45, 2.75) is 13.0 Å². The second-order valence-electron chi connectivity index (χ2n) is 4.98. The summed E-state index contributed by atoms with van der Waals surface area (Å²) in [7, 11) is 0. The molecule has 0 amide bonds. The van der Waals surface area contributed by atoms with Crippen LogP contribution in [0.3, 0.4) is 0 Å². The van der Waals surface area contributed by atoms with Crippen LogP contribution in [0.5, 0.6) is 5.75 Å². The summed E-state index contributed by atoms with van der Waals surface area (Å²) in [4.78, 5) is 11.8. The summed E-state index contributed by atoms with van der Waals surface area (Å²) < 4.78 is 3.23. The van der Waals surface area contributed by atoms with Crippen LogP contribution in [-0.4, -0.2) is 33.1 Å². The molecule has 1 heterocycles. The zero-order valence-corrected chi connectivity index (χ0v) is 12.4. The van der Waals surface area contributed by atoms with Gasteiger partial charge in [-0.3, -0.25) is 4.79 Å². The monoisotopic (exact) mass is 377 g/mol. The Bertz CT molecular complexity index is 554. The maximum Gasteiger partial charge on any atom is 0.254 e. The zero-order valence-electron chi connectivity index (χ0n) is 10.3. The topological polar surface area (TPSA) is 82.7 Å². The Hall–Kier alpha value is -0.860. The number of hydrogen-bond acceptors (Lipinski definition) is 4. The van der Waals surface area contributed by atoms with E-state index in [1.807, 2.05) is 22.6 Å². The molecule has 1 aromatic rings. The van der Waals surface area contributed by atoms with Crippen LogP contribution in [0.15, 0.2) is 21.1 Å². The van der Waals surface area contributed by atoms with E-state index < -0.39 is 5.41 Å². The van der Waals surface area contributed by atoms with Crippen LogP contribution in [-0.2, 0) is 6.54 Å². The number of hydrogen-bond donors (Lipinski definition) is 3. The van der Waals surface area contributed by atoms with Crippen LogP contribution in [0.1, 0.15) is 12.0 Å². The summed E-state index contributed by atoms with van der Waals surface area (Å²) in [6.45, 7) is 0.326. The average Bonchev–Trinajstić information content (AvgIpc) is 3.09. The molecule has 0 radical (unpaired) electrons. The molecule has 0 aliphatic heterocycles. The molecule has 1 aliphatic rings. The highest BCUT2D eigenvalue weighted by molar-refractivity contribution is 14.1. The Kier molecular flexibility index (Phi) is 4.32. The number of aliphatic hydroxyl groups is 2. The van der Waals surface area contributed by atoms with Gasteiger partial charge in [-0.25, -0.2) is 0 Å². The molecule has 1 aliphatic carbocycles. The SMILES string of the molecule is O=c1cc(O)c(C=CI)cn1C[C@]1(CO)C[C@H]1CO.